The van der Waals surface area contributed by atoms with Crippen molar-refractivity contribution in [2.45, 2.75) is 44.2 Å². The molecule has 1 N–H and O–H groups in total. The number of carbonyl (C=O) groups excluding carboxylic acids is 1. The molecule has 2 aliphatic rings. The Hall–Kier alpha value is -2.30. The Morgan fingerprint density at radius 2 is 2.12 bits per heavy atom. The van der Waals surface area contributed by atoms with E-state index in [0.29, 0.717) is 0 Å². The van der Waals surface area contributed by atoms with Crippen LogP contribution in [0, 0.1) is 5.82 Å². The maximum absolute atomic E-state index is 13.6. The minimum absolute atomic E-state index is 0.164. The van der Waals surface area contributed by atoms with Crippen LogP contribution < -0.4 is 11.2 Å². The zero-order chi connectivity index (χ0) is 18.4. The average molecular weight is 356 g/mol. The second-order valence-corrected chi connectivity index (χ2v) is 6.11. The minimum atomic E-state index is -1.14. The van der Waals surface area contributed by atoms with Gasteiger partial charge in [0.05, 0.1) is 6.20 Å². The molecular weight excluding hydrogens is 339 g/mol. The Labute approximate surface area is 140 Å². The van der Waals surface area contributed by atoms with Crippen molar-refractivity contribution >= 4 is 5.97 Å². The molecule has 10 heteroatoms. The van der Waals surface area contributed by atoms with Crippen LogP contribution in [0.4, 0.5) is 4.39 Å². The third-order valence-electron chi connectivity index (χ3n) is 3.88. The summed E-state index contributed by atoms with van der Waals surface area (Å²) in [6.45, 7) is 6.48. The molecule has 1 aromatic rings. The number of nitrogens with zero attached hydrogens (tertiary/aromatic N) is 1. The molecule has 0 radical (unpaired) electrons. The number of aromatic amines is 1. The van der Waals surface area contributed by atoms with E-state index in [1.807, 2.05) is 4.98 Å². The molecule has 2 fully saturated rings. The molecule has 0 aliphatic carbocycles. The van der Waals surface area contributed by atoms with Gasteiger partial charge in [-0.25, -0.2) is 9.59 Å². The van der Waals surface area contributed by atoms with E-state index in [1.54, 1.807) is 13.8 Å². The number of H-pyrrole nitrogens is 1. The number of carbonyl (C=O) groups is 1. The van der Waals surface area contributed by atoms with Crippen LogP contribution in [0.15, 0.2) is 28.4 Å². The monoisotopic (exact) mass is 356 g/mol. The normalized spacial score (nSPS) is 30.0. The van der Waals surface area contributed by atoms with Crippen molar-refractivity contribution in [2.75, 3.05) is 6.61 Å². The Bertz CT molecular complexity index is 815. The van der Waals surface area contributed by atoms with Crippen LogP contribution in [0.1, 0.15) is 20.1 Å². The summed E-state index contributed by atoms with van der Waals surface area (Å²) in [5, 5.41) is 0. The topological polar surface area (TPSA) is 109 Å². The molecule has 0 spiro atoms. The Morgan fingerprint density at radius 1 is 1.44 bits per heavy atom. The molecule has 0 amide bonds. The van der Waals surface area contributed by atoms with Crippen LogP contribution in [0.25, 0.3) is 0 Å². The maximum Gasteiger partial charge on any atom is 0.330 e. The Morgan fingerprint density at radius 3 is 2.80 bits per heavy atom. The number of nitrogens with one attached hydrogen (secondary N) is 1. The van der Waals surface area contributed by atoms with Crippen LogP contribution in [0.3, 0.4) is 0 Å². The van der Waals surface area contributed by atoms with E-state index >= 15 is 0 Å². The third-order valence-corrected chi connectivity index (χ3v) is 3.88. The zero-order valence-electron chi connectivity index (χ0n) is 13.6. The largest absolute Gasteiger partial charge is 0.460 e. The molecule has 0 bridgehead atoms. The highest BCUT2D eigenvalue weighted by molar-refractivity contribution is 5.81. The average Bonchev–Trinajstić information content (AvgIpc) is 3.02. The molecule has 25 heavy (non-hydrogen) atoms. The summed E-state index contributed by atoms with van der Waals surface area (Å²) in [6.07, 6.45) is -1.47. The molecule has 136 valence electrons. The fourth-order valence-electron chi connectivity index (χ4n) is 2.89. The molecule has 2 aliphatic heterocycles. The zero-order valence-corrected chi connectivity index (χ0v) is 13.6. The van der Waals surface area contributed by atoms with Crippen molar-refractivity contribution in [2.24, 2.45) is 0 Å². The second kappa shape index (κ2) is 6.21. The van der Waals surface area contributed by atoms with Crippen LogP contribution in [-0.4, -0.2) is 46.2 Å². The van der Waals surface area contributed by atoms with Crippen molar-refractivity contribution in [1.82, 2.24) is 9.55 Å². The number of ether oxygens (including phenoxy) is 4. The molecule has 9 nitrogen and oxygen atoms in total. The number of esters is 1. The molecule has 3 heterocycles. The van der Waals surface area contributed by atoms with E-state index in [0.717, 1.165) is 16.8 Å². The van der Waals surface area contributed by atoms with Crippen molar-refractivity contribution in [1.29, 1.82) is 0 Å². The predicted molar refractivity (Wildman–Crippen MR) is 80.2 cm³/mol. The van der Waals surface area contributed by atoms with Gasteiger partial charge in [-0.2, -0.15) is 4.39 Å². The quantitative estimate of drug-likeness (QED) is 0.589. The highest BCUT2D eigenvalue weighted by atomic mass is 19.1. The van der Waals surface area contributed by atoms with Gasteiger partial charge < -0.3 is 18.9 Å². The van der Waals surface area contributed by atoms with Gasteiger partial charge in [0.25, 0.3) is 5.56 Å². The van der Waals surface area contributed by atoms with Gasteiger partial charge >= 0.3 is 11.7 Å². The summed E-state index contributed by atoms with van der Waals surface area (Å²) >= 11 is 0. The fraction of sp³-hybridized carbons (Fsp3) is 0.533. The predicted octanol–water partition coefficient (Wildman–Crippen LogP) is -0.178. The Kier molecular flexibility index (Phi) is 4.35. The second-order valence-electron chi connectivity index (χ2n) is 6.11. The number of fused-ring (bicyclic) bond motifs is 1. The lowest BCUT2D eigenvalue weighted by Crippen LogP contribution is -2.38. The summed E-state index contributed by atoms with van der Waals surface area (Å²) in [4.78, 5) is 36.3. The van der Waals surface area contributed by atoms with Gasteiger partial charge in [-0.3, -0.25) is 14.3 Å². The standard InChI is InChI=1S/C15H17FN2O7/c1-4-9(19)22-6-8-10-11(25-15(2,3)24-10)13(23-8)18-5-7(16)12(20)17-14(18)21/h4-5,8,10-11,13H,1,6H2,2-3H3,(H,17,20,21)/t8-,10-,11-,13-/m1/s1. The third kappa shape index (κ3) is 3.28. The number of hydrogen-bond donors (Lipinski definition) is 1. The van der Waals surface area contributed by atoms with Gasteiger partial charge in [-0.1, -0.05) is 6.58 Å². The number of halogens is 1. The van der Waals surface area contributed by atoms with Crippen LogP contribution in [0.2, 0.25) is 0 Å². The lowest BCUT2D eigenvalue weighted by Gasteiger charge is -2.24. The maximum atomic E-state index is 13.6. The number of rotatable bonds is 4. The van der Waals surface area contributed by atoms with E-state index in [9.17, 15) is 18.8 Å². The molecular formula is C15H17FN2O7. The molecule has 3 rings (SSSR count). The first-order chi connectivity index (χ1) is 11.7. The Balaban J connectivity index is 1.91. The van der Waals surface area contributed by atoms with Crippen LogP contribution in [0.5, 0.6) is 0 Å². The summed E-state index contributed by atoms with van der Waals surface area (Å²) in [5.74, 6) is -2.75. The molecule has 0 unspecified atom stereocenters. The SMILES string of the molecule is C=CC(=O)OC[C@H]1O[C@@H](n2cc(F)c(=O)[nH]c2=O)[C@@H]2OC(C)(C)O[C@@H]21. The lowest BCUT2D eigenvalue weighted by molar-refractivity contribution is -0.202. The van der Waals surface area contributed by atoms with E-state index in [4.69, 9.17) is 18.9 Å². The first kappa shape index (κ1) is 17.5. The van der Waals surface area contributed by atoms with E-state index < -0.39 is 53.4 Å². The minimum Gasteiger partial charge on any atom is -0.460 e. The van der Waals surface area contributed by atoms with Crippen molar-refractivity contribution in [3.05, 3.63) is 45.5 Å². The molecule has 2 saturated heterocycles. The van der Waals surface area contributed by atoms with Crippen molar-refractivity contribution < 1.29 is 28.1 Å². The van der Waals surface area contributed by atoms with E-state index in [-0.39, 0.29) is 6.61 Å². The summed E-state index contributed by atoms with van der Waals surface area (Å²) in [6, 6.07) is 0. The van der Waals surface area contributed by atoms with Gasteiger partial charge in [0, 0.05) is 6.08 Å². The number of aromatic nitrogens is 2. The van der Waals surface area contributed by atoms with Gasteiger partial charge in [0.2, 0.25) is 5.82 Å². The van der Waals surface area contributed by atoms with Gasteiger partial charge in [-0.05, 0) is 13.8 Å². The van der Waals surface area contributed by atoms with Gasteiger partial charge in [-0.15, -0.1) is 0 Å². The molecule has 1 aromatic heterocycles. The number of hydrogen-bond acceptors (Lipinski definition) is 7. The summed E-state index contributed by atoms with van der Waals surface area (Å²) in [7, 11) is 0. The van der Waals surface area contributed by atoms with Crippen molar-refractivity contribution in [3.63, 3.8) is 0 Å². The molecule has 4 atom stereocenters. The molecule has 0 saturated carbocycles. The van der Waals surface area contributed by atoms with Gasteiger partial charge in [0.1, 0.15) is 24.9 Å². The summed E-state index contributed by atoms with van der Waals surface area (Å²) < 4.78 is 36.6. The van der Waals surface area contributed by atoms with Crippen LogP contribution in [-0.2, 0) is 23.7 Å². The first-order valence-corrected chi connectivity index (χ1v) is 7.53. The lowest BCUT2D eigenvalue weighted by atomic mass is 10.1. The highest BCUT2D eigenvalue weighted by Crippen LogP contribution is 2.42. The first-order valence-electron chi connectivity index (χ1n) is 7.53. The smallest absolute Gasteiger partial charge is 0.330 e. The van der Waals surface area contributed by atoms with E-state index in [1.165, 1.54) is 0 Å². The van der Waals surface area contributed by atoms with Crippen molar-refractivity contribution in [3.8, 4) is 0 Å². The van der Waals surface area contributed by atoms with Gasteiger partial charge in [0.15, 0.2) is 12.0 Å². The van der Waals surface area contributed by atoms with Crippen LogP contribution >= 0.6 is 0 Å². The molecule has 0 aromatic carbocycles. The summed E-state index contributed by atoms with van der Waals surface area (Å²) in [5.41, 5.74) is -1.98. The van der Waals surface area contributed by atoms with E-state index in [2.05, 4.69) is 6.58 Å². The fourth-order valence-corrected chi connectivity index (χ4v) is 2.89. The highest BCUT2D eigenvalue weighted by Gasteiger charge is 2.56.